The van der Waals surface area contributed by atoms with Crippen LogP contribution in [0.15, 0.2) is 0 Å². The van der Waals surface area contributed by atoms with E-state index in [1.54, 1.807) is 0 Å². The predicted molar refractivity (Wildman–Crippen MR) is 44.8 cm³/mol. The summed E-state index contributed by atoms with van der Waals surface area (Å²) in [6, 6.07) is 0. The Hall–Kier alpha value is -0.0800. The van der Waals surface area contributed by atoms with Crippen molar-refractivity contribution in [2.45, 2.75) is 56.3 Å². The SMILES string of the molecule is C[C@@H]1CCC23OC12CCCC3O. The lowest BCUT2D eigenvalue weighted by atomic mass is 9.77. The molecule has 2 heteroatoms. The largest absolute Gasteiger partial charge is 0.390 e. The summed E-state index contributed by atoms with van der Waals surface area (Å²) in [5.74, 6) is 0.674. The van der Waals surface area contributed by atoms with Gasteiger partial charge in [-0.25, -0.2) is 0 Å². The first-order chi connectivity index (χ1) is 5.71. The topological polar surface area (TPSA) is 32.8 Å². The third-order valence-corrected chi connectivity index (χ3v) is 4.35. The van der Waals surface area contributed by atoms with Crippen molar-refractivity contribution in [2.24, 2.45) is 5.92 Å². The Bertz CT molecular complexity index is 222. The van der Waals surface area contributed by atoms with Gasteiger partial charge in [-0.3, -0.25) is 0 Å². The van der Waals surface area contributed by atoms with Crippen LogP contribution in [0, 0.1) is 5.92 Å². The molecule has 0 spiro atoms. The van der Waals surface area contributed by atoms with Crippen LogP contribution in [0.4, 0.5) is 0 Å². The average molecular weight is 168 g/mol. The van der Waals surface area contributed by atoms with E-state index in [1.807, 2.05) is 0 Å². The molecule has 2 saturated carbocycles. The van der Waals surface area contributed by atoms with E-state index in [0.717, 1.165) is 19.3 Å². The van der Waals surface area contributed by atoms with Gasteiger partial charge in [-0.2, -0.15) is 0 Å². The summed E-state index contributed by atoms with van der Waals surface area (Å²) in [5, 5.41) is 9.87. The van der Waals surface area contributed by atoms with E-state index in [2.05, 4.69) is 6.92 Å². The second-order valence-electron chi connectivity index (χ2n) is 4.73. The molecule has 1 aliphatic heterocycles. The molecule has 3 unspecified atom stereocenters. The third-order valence-electron chi connectivity index (χ3n) is 4.35. The molecule has 1 saturated heterocycles. The molecular weight excluding hydrogens is 152 g/mol. The highest BCUT2D eigenvalue weighted by Crippen LogP contribution is 2.68. The summed E-state index contributed by atoms with van der Waals surface area (Å²) in [7, 11) is 0. The van der Waals surface area contributed by atoms with Crippen LogP contribution in [-0.4, -0.2) is 22.4 Å². The van der Waals surface area contributed by atoms with Gasteiger partial charge in [0.05, 0.1) is 6.10 Å². The van der Waals surface area contributed by atoms with E-state index in [0.29, 0.717) is 5.92 Å². The first kappa shape index (κ1) is 7.34. The lowest BCUT2D eigenvalue weighted by Crippen LogP contribution is -2.39. The lowest BCUT2D eigenvalue weighted by Gasteiger charge is -2.25. The van der Waals surface area contributed by atoms with Gasteiger partial charge in [0.2, 0.25) is 0 Å². The minimum atomic E-state index is -0.170. The summed E-state index contributed by atoms with van der Waals surface area (Å²) < 4.78 is 5.86. The number of rotatable bonds is 0. The van der Waals surface area contributed by atoms with Gasteiger partial charge in [0.1, 0.15) is 11.2 Å². The fourth-order valence-electron chi connectivity index (χ4n) is 3.56. The molecule has 3 rings (SSSR count). The van der Waals surface area contributed by atoms with E-state index < -0.39 is 0 Å². The van der Waals surface area contributed by atoms with Gasteiger partial charge >= 0.3 is 0 Å². The highest BCUT2D eigenvalue weighted by atomic mass is 16.6. The Balaban J connectivity index is 1.98. The number of aliphatic hydroxyl groups is 1. The maximum absolute atomic E-state index is 9.87. The smallest absolute Gasteiger partial charge is 0.124 e. The predicted octanol–water partition coefficient (Wildman–Crippen LogP) is 1.47. The van der Waals surface area contributed by atoms with Crippen LogP contribution in [0.2, 0.25) is 0 Å². The Morgan fingerprint density at radius 2 is 2.08 bits per heavy atom. The monoisotopic (exact) mass is 168 g/mol. The number of hydrogen-bond donors (Lipinski definition) is 1. The highest BCUT2D eigenvalue weighted by Gasteiger charge is 2.78. The molecule has 12 heavy (non-hydrogen) atoms. The zero-order valence-electron chi connectivity index (χ0n) is 7.55. The van der Waals surface area contributed by atoms with E-state index >= 15 is 0 Å². The maximum atomic E-state index is 9.87. The molecule has 3 fully saturated rings. The second kappa shape index (κ2) is 1.88. The molecule has 3 aliphatic rings. The Morgan fingerprint density at radius 3 is 2.83 bits per heavy atom. The summed E-state index contributed by atoms with van der Waals surface area (Å²) in [6.07, 6.45) is 5.45. The van der Waals surface area contributed by atoms with Crippen LogP contribution in [0.25, 0.3) is 0 Å². The molecule has 2 aliphatic carbocycles. The first-order valence-corrected chi connectivity index (χ1v) is 5.09. The summed E-state index contributed by atoms with van der Waals surface area (Å²) in [5.41, 5.74) is 0.0370. The van der Waals surface area contributed by atoms with Gasteiger partial charge < -0.3 is 9.84 Å². The highest BCUT2D eigenvalue weighted by molar-refractivity contribution is 5.26. The summed E-state index contributed by atoms with van der Waals surface area (Å²) in [6.45, 7) is 2.27. The molecule has 0 amide bonds. The maximum Gasteiger partial charge on any atom is 0.124 e. The number of hydrogen-bond acceptors (Lipinski definition) is 2. The quantitative estimate of drug-likeness (QED) is 0.555. The van der Waals surface area contributed by atoms with Crippen molar-refractivity contribution in [1.82, 2.24) is 0 Å². The van der Waals surface area contributed by atoms with Crippen LogP contribution in [0.5, 0.6) is 0 Å². The zero-order valence-corrected chi connectivity index (χ0v) is 7.55. The molecule has 0 bridgehead atoms. The van der Waals surface area contributed by atoms with Crippen LogP contribution in [0.1, 0.15) is 39.0 Å². The van der Waals surface area contributed by atoms with Crippen LogP contribution in [-0.2, 0) is 4.74 Å². The molecule has 1 N–H and O–H groups in total. The first-order valence-electron chi connectivity index (χ1n) is 5.09. The third kappa shape index (κ3) is 0.549. The Morgan fingerprint density at radius 1 is 1.25 bits per heavy atom. The fourth-order valence-corrected chi connectivity index (χ4v) is 3.56. The molecule has 2 nitrogen and oxygen atoms in total. The van der Waals surface area contributed by atoms with Gasteiger partial charge in [-0.05, 0) is 38.0 Å². The number of aliphatic hydroxyl groups excluding tert-OH is 1. The lowest BCUT2D eigenvalue weighted by molar-refractivity contribution is 0.0605. The van der Waals surface area contributed by atoms with Gasteiger partial charge in [0.15, 0.2) is 0 Å². The summed E-state index contributed by atoms with van der Waals surface area (Å²) in [4.78, 5) is 0. The minimum absolute atomic E-state index is 0.0787. The molecule has 68 valence electrons. The Kier molecular flexibility index (Phi) is 1.15. The van der Waals surface area contributed by atoms with E-state index in [1.165, 1.54) is 12.8 Å². The molecule has 0 aromatic rings. The number of ether oxygens (including phenoxy) is 1. The van der Waals surface area contributed by atoms with Gasteiger partial charge in [-0.15, -0.1) is 0 Å². The van der Waals surface area contributed by atoms with Crippen LogP contribution >= 0.6 is 0 Å². The van der Waals surface area contributed by atoms with Crippen molar-refractivity contribution >= 4 is 0 Å². The van der Waals surface area contributed by atoms with Crippen molar-refractivity contribution in [3.8, 4) is 0 Å². The van der Waals surface area contributed by atoms with Gasteiger partial charge in [-0.1, -0.05) is 6.92 Å². The van der Waals surface area contributed by atoms with Crippen molar-refractivity contribution in [3.63, 3.8) is 0 Å². The number of epoxide rings is 1. The van der Waals surface area contributed by atoms with Crippen molar-refractivity contribution in [2.75, 3.05) is 0 Å². The Labute approximate surface area is 72.9 Å². The molecule has 4 atom stereocenters. The van der Waals surface area contributed by atoms with Crippen LogP contribution < -0.4 is 0 Å². The van der Waals surface area contributed by atoms with Gasteiger partial charge in [0.25, 0.3) is 0 Å². The zero-order chi connectivity index (χ0) is 8.40. The van der Waals surface area contributed by atoms with Crippen molar-refractivity contribution in [1.29, 1.82) is 0 Å². The normalized spacial score (nSPS) is 62.5. The van der Waals surface area contributed by atoms with Crippen molar-refractivity contribution in [3.05, 3.63) is 0 Å². The average Bonchev–Trinajstić information content (AvgIpc) is 2.66. The molecule has 1 heterocycles. The fraction of sp³-hybridized carbons (Fsp3) is 1.00. The van der Waals surface area contributed by atoms with E-state index in [4.69, 9.17) is 4.74 Å². The molecular formula is C10H16O2. The molecule has 0 aromatic heterocycles. The van der Waals surface area contributed by atoms with Crippen LogP contribution in [0.3, 0.4) is 0 Å². The molecule has 0 aromatic carbocycles. The van der Waals surface area contributed by atoms with Crippen molar-refractivity contribution < 1.29 is 9.84 Å². The molecule has 0 radical (unpaired) electrons. The standard InChI is InChI=1S/C10H16O2/c1-7-4-6-10-8(11)3-2-5-9(7,10)12-10/h7-8,11H,2-6H2,1H3/t7-,8?,9?,10?/m1/s1. The minimum Gasteiger partial charge on any atom is -0.390 e. The van der Waals surface area contributed by atoms with E-state index in [9.17, 15) is 5.11 Å². The van der Waals surface area contributed by atoms with E-state index in [-0.39, 0.29) is 17.3 Å². The summed E-state index contributed by atoms with van der Waals surface area (Å²) >= 11 is 0. The second-order valence-corrected chi connectivity index (χ2v) is 4.73. The van der Waals surface area contributed by atoms with Gasteiger partial charge in [0, 0.05) is 0 Å².